The van der Waals surface area contributed by atoms with Crippen LogP contribution in [0, 0.1) is 0 Å². The highest BCUT2D eigenvalue weighted by Crippen LogP contribution is 2.29. The van der Waals surface area contributed by atoms with Crippen molar-refractivity contribution in [3.8, 4) is 11.3 Å². The van der Waals surface area contributed by atoms with Gasteiger partial charge in [0.2, 0.25) is 15.0 Å². The molecule has 1 aromatic carbocycles. The monoisotopic (exact) mass is 369 g/mol. The van der Waals surface area contributed by atoms with Crippen LogP contribution in [0.3, 0.4) is 0 Å². The Morgan fingerprint density at radius 1 is 1.29 bits per heavy atom. The maximum Gasteiger partial charge on any atom is 0.254 e. The van der Waals surface area contributed by atoms with Crippen molar-refractivity contribution >= 4 is 31.7 Å². The van der Waals surface area contributed by atoms with E-state index in [-0.39, 0.29) is 22.3 Å². The molecule has 0 spiro atoms. The molecule has 1 heterocycles. The van der Waals surface area contributed by atoms with E-state index in [4.69, 9.17) is 0 Å². The van der Waals surface area contributed by atoms with Crippen LogP contribution in [0.2, 0.25) is 0 Å². The van der Waals surface area contributed by atoms with Gasteiger partial charge in [0.1, 0.15) is 0 Å². The quantitative estimate of drug-likeness (QED) is 0.831. The first-order valence-electron chi connectivity index (χ1n) is 5.88. The van der Waals surface area contributed by atoms with E-state index in [1.807, 2.05) is 6.07 Å². The predicted octanol–water partition coefficient (Wildman–Crippen LogP) is 1.67. The highest BCUT2D eigenvalue weighted by Gasteiger charge is 2.20. The molecule has 1 N–H and O–H groups in total. The number of rotatable bonds is 3. The standard InChI is InChI=1S/C13H12BrN3O3S/c1-15-12(18)9-7-16-13(21(2,19)20)17-11(9)8-5-3-4-6-10(8)14/h3-7H,1-2H3,(H,15,18). The smallest absolute Gasteiger partial charge is 0.254 e. The lowest BCUT2D eigenvalue weighted by Gasteiger charge is -2.10. The molecule has 1 aromatic heterocycles. The summed E-state index contributed by atoms with van der Waals surface area (Å²) in [4.78, 5) is 19.7. The van der Waals surface area contributed by atoms with Crippen molar-refractivity contribution in [2.45, 2.75) is 5.16 Å². The van der Waals surface area contributed by atoms with Crippen molar-refractivity contribution in [3.63, 3.8) is 0 Å². The second-order valence-electron chi connectivity index (χ2n) is 4.25. The number of sulfone groups is 1. The minimum atomic E-state index is -3.56. The number of aromatic nitrogens is 2. The molecule has 0 fully saturated rings. The molecular weight excluding hydrogens is 358 g/mol. The summed E-state index contributed by atoms with van der Waals surface area (Å²) in [6.07, 6.45) is 2.24. The topological polar surface area (TPSA) is 89.0 Å². The summed E-state index contributed by atoms with van der Waals surface area (Å²) in [6.45, 7) is 0. The third-order valence-electron chi connectivity index (χ3n) is 2.70. The Balaban J connectivity index is 2.76. The maximum atomic E-state index is 11.9. The first-order valence-corrected chi connectivity index (χ1v) is 8.57. The fourth-order valence-corrected chi connectivity index (χ4v) is 2.68. The minimum Gasteiger partial charge on any atom is -0.355 e. The van der Waals surface area contributed by atoms with Gasteiger partial charge in [-0.15, -0.1) is 0 Å². The lowest BCUT2D eigenvalue weighted by Crippen LogP contribution is -2.20. The Labute approximate surface area is 130 Å². The van der Waals surface area contributed by atoms with Gasteiger partial charge in [0.25, 0.3) is 5.91 Å². The van der Waals surface area contributed by atoms with Crippen LogP contribution in [0.4, 0.5) is 0 Å². The van der Waals surface area contributed by atoms with Crippen LogP contribution >= 0.6 is 15.9 Å². The summed E-state index contributed by atoms with van der Waals surface area (Å²) in [5, 5.41) is 2.17. The van der Waals surface area contributed by atoms with Crippen molar-refractivity contribution in [2.75, 3.05) is 13.3 Å². The fourth-order valence-electron chi connectivity index (χ4n) is 1.70. The van der Waals surface area contributed by atoms with Crippen LogP contribution in [0.5, 0.6) is 0 Å². The van der Waals surface area contributed by atoms with Gasteiger partial charge in [-0.05, 0) is 6.07 Å². The molecular formula is C13H12BrN3O3S. The van der Waals surface area contributed by atoms with E-state index in [0.29, 0.717) is 10.0 Å². The van der Waals surface area contributed by atoms with E-state index in [9.17, 15) is 13.2 Å². The largest absolute Gasteiger partial charge is 0.355 e. The average Bonchev–Trinajstić information content (AvgIpc) is 2.45. The van der Waals surface area contributed by atoms with Crippen LogP contribution in [0.25, 0.3) is 11.3 Å². The number of hydrogen-bond donors (Lipinski definition) is 1. The molecule has 0 radical (unpaired) electrons. The third kappa shape index (κ3) is 3.27. The molecule has 0 bridgehead atoms. The van der Waals surface area contributed by atoms with Gasteiger partial charge < -0.3 is 5.32 Å². The second-order valence-corrected chi connectivity index (χ2v) is 7.01. The number of benzene rings is 1. The van der Waals surface area contributed by atoms with E-state index in [2.05, 4.69) is 31.2 Å². The van der Waals surface area contributed by atoms with E-state index in [1.165, 1.54) is 13.2 Å². The van der Waals surface area contributed by atoms with Crippen molar-refractivity contribution < 1.29 is 13.2 Å². The van der Waals surface area contributed by atoms with Crippen molar-refractivity contribution in [2.24, 2.45) is 0 Å². The van der Waals surface area contributed by atoms with Crippen LogP contribution < -0.4 is 5.32 Å². The summed E-state index contributed by atoms with van der Waals surface area (Å²) >= 11 is 3.37. The normalized spacial score (nSPS) is 11.2. The van der Waals surface area contributed by atoms with Gasteiger partial charge >= 0.3 is 0 Å². The lowest BCUT2D eigenvalue weighted by molar-refractivity contribution is 0.0963. The van der Waals surface area contributed by atoms with E-state index < -0.39 is 9.84 Å². The molecule has 0 aliphatic carbocycles. The Kier molecular flexibility index (Phi) is 4.38. The Bertz CT molecular complexity index is 806. The maximum absolute atomic E-state index is 11.9. The molecule has 0 aliphatic heterocycles. The van der Waals surface area contributed by atoms with Crippen molar-refractivity contribution in [1.82, 2.24) is 15.3 Å². The SMILES string of the molecule is CNC(=O)c1cnc(S(C)(=O)=O)nc1-c1ccccc1Br. The Hall–Kier alpha value is -1.80. The molecule has 0 atom stereocenters. The molecule has 110 valence electrons. The van der Waals surface area contributed by atoms with Crippen LogP contribution in [0.15, 0.2) is 40.1 Å². The summed E-state index contributed by atoms with van der Waals surface area (Å²) in [5.74, 6) is -0.388. The molecule has 1 amide bonds. The molecule has 2 aromatic rings. The molecule has 0 aliphatic rings. The highest BCUT2D eigenvalue weighted by molar-refractivity contribution is 9.10. The Morgan fingerprint density at radius 3 is 2.52 bits per heavy atom. The van der Waals surface area contributed by atoms with E-state index >= 15 is 0 Å². The summed E-state index contributed by atoms with van der Waals surface area (Å²) in [7, 11) is -2.08. The molecule has 2 rings (SSSR count). The van der Waals surface area contributed by atoms with Crippen LogP contribution in [-0.4, -0.2) is 37.6 Å². The van der Waals surface area contributed by atoms with Gasteiger partial charge in [0, 0.05) is 29.5 Å². The lowest BCUT2D eigenvalue weighted by atomic mass is 10.1. The summed E-state index contributed by atoms with van der Waals surface area (Å²) < 4.78 is 23.9. The van der Waals surface area contributed by atoms with E-state index in [0.717, 1.165) is 6.26 Å². The van der Waals surface area contributed by atoms with Gasteiger partial charge in [0.05, 0.1) is 11.3 Å². The van der Waals surface area contributed by atoms with Gasteiger partial charge in [-0.25, -0.2) is 18.4 Å². The van der Waals surface area contributed by atoms with Crippen LogP contribution in [-0.2, 0) is 9.84 Å². The second kappa shape index (κ2) is 5.90. The van der Waals surface area contributed by atoms with Gasteiger partial charge in [0.15, 0.2) is 0 Å². The number of carbonyl (C=O) groups is 1. The highest BCUT2D eigenvalue weighted by atomic mass is 79.9. The number of hydrogen-bond acceptors (Lipinski definition) is 5. The first-order chi connectivity index (χ1) is 9.84. The van der Waals surface area contributed by atoms with E-state index in [1.54, 1.807) is 18.2 Å². The third-order valence-corrected chi connectivity index (χ3v) is 4.25. The summed E-state index contributed by atoms with van der Waals surface area (Å²) in [6, 6.07) is 7.11. The van der Waals surface area contributed by atoms with Crippen LogP contribution in [0.1, 0.15) is 10.4 Å². The molecule has 0 unspecified atom stereocenters. The van der Waals surface area contributed by atoms with Gasteiger partial charge in [-0.2, -0.15) is 0 Å². The number of nitrogens with one attached hydrogen (secondary N) is 1. The van der Waals surface area contributed by atoms with Crippen molar-refractivity contribution in [3.05, 3.63) is 40.5 Å². The number of halogens is 1. The zero-order valence-electron chi connectivity index (χ0n) is 11.3. The minimum absolute atomic E-state index is 0.205. The zero-order valence-corrected chi connectivity index (χ0v) is 13.7. The molecule has 0 saturated heterocycles. The number of carbonyl (C=O) groups excluding carboxylic acids is 1. The Morgan fingerprint density at radius 2 is 1.95 bits per heavy atom. The average molecular weight is 370 g/mol. The number of amides is 1. The number of nitrogens with zero attached hydrogens (tertiary/aromatic N) is 2. The summed E-state index contributed by atoms with van der Waals surface area (Å²) in [5.41, 5.74) is 1.08. The first kappa shape index (κ1) is 15.6. The van der Waals surface area contributed by atoms with Gasteiger partial charge in [-0.3, -0.25) is 4.79 Å². The van der Waals surface area contributed by atoms with Gasteiger partial charge in [-0.1, -0.05) is 34.1 Å². The zero-order chi connectivity index (χ0) is 15.6. The fraction of sp³-hybridized carbons (Fsp3) is 0.154. The molecule has 8 heteroatoms. The van der Waals surface area contributed by atoms with Crippen molar-refractivity contribution in [1.29, 1.82) is 0 Å². The molecule has 0 saturated carbocycles. The molecule has 6 nitrogen and oxygen atoms in total. The predicted molar refractivity (Wildman–Crippen MR) is 81.7 cm³/mol. The molecule has 21 heavy (non-hydrogen) atoms.